The number of hydrazone groups is 1. The molecule has 26 heavy (non-hydrogen) atoms. The van der Waals surface area contributed by atoms with Gasteiger partial charge < -0.3 is 4.74 Å². The van der Waals surface area contributed by atoms with E-state index in [0.717, 1.165) is 16.9 Å². The molecule has 0 radical (unpaired) electrons. The van der Waals surface area contributed by atoms with Crippen molar-refractivity contribution in [3.05, 3.63) is 94.8 Å². The molecule has 0 atom stereocenters. The number of benzene rings is 2. The number of carbonyl (C=O) groups excluding carboxylic acids is 1. The van der Waals surface area contributed by atoms with Crippen molar-refractivity contribution in [3.8, 4) is 5.75 Å². The number of rotatable bonds is 6. The van der Waals surface area contributed by atoms with Gasteiger partial charge in [-0.3, -0.25) is 9.78 Å². The maximum Gasteiger partial charge on any atom is 0.271 e. The average Bonchev–Trinajstić information content (AvgIpc) is 2.69. The van der Waals surface area contributed by atoms with Crippen molar-refractivity contribution >= 4 is 23.7 Å². The van der Waals surface area contributed by atoms with E-state index in [1.54, 1.807) is 30.7 Å². The highest BCUT2D eigenvalue weighted by atomic mass is 35.5. The van der Waals surface area contributed by atoms with Gasteiger partial charge in [0.25, 0.3) is 5.91 Å². The lowest BCUT2D eigenvalue weighted by Gasteiger charge is -2.07. The lowest BCUT2D eigenvalue weighted by molar-refractivity contribution is 0.0955. The van der Waals surface area contributed by atoms with E-state index < -0.39 is 0 Å². The van der Waals surface area contributed by atoms with Crippen LogP contribution in [0.15, 0.2) is 78.2 Å². The fourth-order valence-electron chi connectivity index (χ4n) is 2.16. The van der Waals surface area contributed by atoms with Crippen LogP contribution < -0.4 is 10.2 Å². The van der Waals surface area contributed by atoms with Crippen LogP contribution in [0.3, 0.4) is 0 Å². The van der Waals surface area contributed by atoms with Crippen LogP contribution in [-0.4, -0.2) is 17.1 Å². The van der Waals surface area contributed by atoms with Crippen LogP contribution in [0.2, 0.25) is 5.02 Å². The van der Waals surface area contributed by atoms with Crippen molar-refractivity contribution in [3.63, 3.8) is 0 Å². The van der Waals surface area contributed by atoms with Crippen molar-refractivity contribution in [2.75, 3.05) is 0 Å². The van der Waals surface area contributed by atoms with Gasteiger partial charge in [0.1, 0.15) is 12.4 Å². The predicted molar refractivity (Wildman–Crippen MR) is 102 cm³/mol. The first-order valence-corrected chi connectivity index (χ1v) is 8.30. The van der Waals surface area contributed by atoms with Crippen LogP contribution in [0.4, 0.5) is 0 Å². The second kappa shape index (κ2) is 8.78. The monoisotopic (exact) mass is 365 g/mol. The smallest absolute Gasteiger partial charge is 0.271 e. The van der Waals surface area contributed by atoms with E-state index in [1.807, 2.05) is 48.5 Å². The topological polar surface area (TPSA) is 63.6 Å². The van der Waals surface area contributed by atoms with Gasteiger partial charge in [-0.2, -0.15) is 5.10 Å². The van der Waals surface area contributed by atoms with E-state index >= 15 is 0 Å². The summed E-state index contributed by atoms with van der Waals surface area (Å²) in [5.74, 6) is 0.436. The minimum Gasteiger partial charge on any atom is -0.489 e. The molecule has 0 saturated heterocycles. The number of nitrogens with one attached hydrogen (secondary N) is 1. The fourth-order valence-corrected chi connectivity index (χ4v) is 2.35. The second-order valence-electron chi connectivity index (χ2n) is 5.38. The van der Waals surface area contributed by atoms with Gasteiger partial charge in [0, 0.05) is 28.5 Å². The van der Waals surface area contributed by atoms with Crippen molar-refractivity contribution in [1.29, 1.82) is 0 Å². The molecule has 1 amide bonds. The lowest BCUT2D eigenvalue weighted by Crippen LogP contribution is -2.17. The zero-order chi connectivity index (χ0) is 18.2. The van der Waals surface area contributed by atoms with Gasteiger partial charge in [-0.05, 0) is 48.0 Å². The van der Waals surface area contributed by atoms with Crippen LogP contribution in [0, 0.1) is 0 Å². The summed E-state index contributed by atoms with van der Waals surface area (Å²) in [5.41, 5.74) is 4.74. The number of aromatic nitrogens is 1. The molecule has 3 rings (SSSR count). The van der Waals surface area contributed by atoms with Gasteiger partial charge in [-0.25, -0.2) is 5.43 Å². The van der Waals surface area contributed by atoms with E-state index in [4.69, 9.17) is 16.3 Å². The summed E-state index contributed by atoms with van der Waals surface area (Å²) in [4.78, 5) is 15.7. The Labute approximate surface area is 156 Å². The molecule has 0 aliphatic rings. The van der Waals surface area contributed by atoms with E-state index in [-0.39, 0.29) is 5.91 Å². The fraction of sp³-hybridized carbons (Fsp3) is 0.0500. The molecular weight excluding hydrogens is 350 g/mol. The van der Waals surface area contributed by atoms with Gasteiger partial charge in [-0.15, -0.1) is 0 Å². The Morgan fingerprint density at radius 1 is 1.08 bits per heavy atom. The molecule has 0 aliphatic carbocycles. The Balaban J connectivity index is 1.53. The Morgan fingerprint density at radius 3 is 2.54 bits per heavy atom. The average molecular weight is 366 g/mol. The third-order valence-corrected chi connectivity index (χ3v) is 3.92. The summed E-state index contributed by atoms with van der Waals surface area (Å²) in [6.45, 7) is 0.398. The number of halogens is 1. The number of amides is 1. The zero-order valence-electron chi connectivity index (χ0n) is 13.8. The largest absolute Gasteiger partial charge is 0.489 e. The molecule has 1 aromatic heterocycles. The van der Waals surface area contributed by atoms with Crippen molar-refractivity contribution in [1.82, 2.24) is 10.4 Å². The molecule has 6 heteroatoms. The molecule has 0 fully saturated rings. The highest BCUT2D eigenvalue weighted by molar-refractivity contribution is 6.31. The quantitative estimate of drug-likeness (QED) is 0.529. The molecule has 3 aromatic rings. The Hall–Kier alpha value is -3.18. The third kappa shape index (κ3) is 4.91. The van der Waals surface area contributed by atoms with Gasteiger partial charge in [0.2, 0.25) is 0 Å². The highest BCUT2D eigenvalue weighted by Crippen LogP contribution is 2.18. The normalized spacial score (nSPS) is 10.7. The Kier molecular flexibility index (Phi) is 5.96. The van der Waals surface area contributed by atoms with Crippen LogP contribution in [0.5, 0.6) is 5.75 Å². The number of nitrogens with zero attached hydrogens (tertiary/aromatic N) is 2. The van der Waals surface area contributed by atoms with Gasteiger partial charge in [0.05, 0.1) is 6.21 Å². The number of carbonyl (C=O) groups is 1. The van der Waals surface area contributed by atoms with Crippen LogP contribution in [0.25, 0.3) is 0 Å². The Bertz CT molecular complexity index is 896. The highest BCUT2D eigenvalue weighted by Gasteiger charge is 2.02. The maximum absolute atomic E-state index is 11.9. The zero-order valence-corrected chi connectivity index (χ0v) is 14.6. The summed E-state index contributed by atoms with van der Waals surface area (Å²) >= 11 is 6.11. The summed E-state index contributed by atoms with van der Waals surface area (Å²) in [6, 6.07) is 18.2. The Morgan fingerprint density at radius 2 is 1.81 bits per heavy atom. The minimum atomic E-state index is -0.289. The summed E-state index contributed by atoms with van der Waals surface area (Å²) < 4.78 is 5.72. The first-order chi connectivity index (χ1) is 12.7. The van der Waals surface area contributed by atoms with Gasteiger partial charge in [0.15, 0.2) is 0 Å². The summed E-state index contributed by atoms with van der Waals surface area (Å²) in [6.07, 6.45) is 4.68. The number of ether oxygens (including phenoxy) is 1. The number of pyridine rings is 1. The molecular formula is C20H16ClN3O2. The maximum atomic E-state index is 11.9. The molecule has 0 unspecified atom stereocenters. The van der Waals surface area contributed by atoms with Crippen LogP contribution in [-0.2, 0) is 6.61 Å². The standard InChI is InChI=1S/C20H16ClN3O2/c21-19-4-2-1-3-17(19)14-26-18-7-5-15(6-8-18)13-23-24-20(25)16-9-11-22-12-10-16/h1-13H,14H2,(H,24,25)/b23-13+. The second-order valence-corrected chi connectivity index (χ2v) is 5.79. The van der Waals surface area contributed by atoms with Gasteiger partial charge in [-0.1, -0.05) is 29.8 Å². The van der Waals surface area contributed by atoms with E-state index in [1.165, 1.54) is 0 Å². The molecule has 0 saturated carbocycles. The molecule has 2 aromatic carbocycles. The van der Waals surface area contributed by atoms with Crippen molar-refractivity contribution in [2.45, 2.75) is 6.61 Å². The van der Waals surface area contributed by atoms with E-state index in [9.17, 15) is 4.79 Å². The number of hydrogen-bond donors (Lipinski definition) is 1. The predicted octanol–water partition coefficient (Wildman–Crippen LogP) is 4.08. The molecule has 1 heterocycles. The van der Waals surface area contributed by atoms with Crippen LogP contribution >= 0.6 is 11.6 Å². The summed E-state index contributed by atoms with van der Waals surface area (Å²) in [7, 11) is 0. The third-order valence-electron chi connectivity index (χ3n) is 3.55. The molecule has 0 aliphatic heterocycles. The van der Waals surface area contributed by atoms with E-state index in [2.05, 4.69) is 15.5 Å². The van der Waals surface area contributed by atoms with Gasteiger partial charge >= 0.3 is 0 Å². The minimum absolute atomic E-state index is 0.289. The molecule has 130 valence electrons. The van der Waals surface area contributed by atoms with Crippen LogP contribution in [0.1, 0.15) is 21.5 Å². The molecule has 1 N–H and O–H groups in total. The van der Waals surface area contributed by atoms with Crippen molar-refractivity contribution in [2.24, 2.45) is 5.10 Å². The lowest BCUT2D eigenvalue weighted by atomic mass is 10.2. The first-order valence-electron chi connectivity index (χ1n) is 7.92. The number of hydrogen-bond acceptors (Lipinski definition) is 4. The van der Waals surface area contributed by atoms with E-state index in [0.29, 0.717) is 17.2 Å². The molecule has 5 nitrogen and oxygen atoms in total. The first kappa shape index (κ1) is 17.6. The summed E-state index contributed by atoms with van der Waals surface area (Å²) in [5, 5.41) is 4.63. The molecule has 0 spiro atoms. The van der Waals surface area contributed by atoms with Crippen molar-refractivity contribution < 1.29 is 9.53 Å². The molecule has 0 bridgehead atoms. The SMILES string of the molecule is O=C(N/N=C/c1ccc(OCc2ccccc2Cl)cc1)c1ccncc1.